The molecule has 0 saturated heterocycles. The van der Waals surface area contributed by atoms with Gasteiger partial charge < -0.3 is 0 Å². The molecule has 0 heterocycles. The second-order valence-corrected chi connectivity index (χ2v) is 13.3. The van der Waals surface area contributed by atoms with E-state index in [1.165, 1.54) is 0 Å². The van der Waals surface area contributed by atoms with E-state index in [2.05, 4.69) is 0 Å². The van der Waals surface area contributed by atoms with Gasteiger partial charge in [-0.2, -0.15) is 0 Å². The number of hydrogen-bond donors (Lipinski definition) is 0. The zero-order chi connectivity index (χ0) is 15.7. The fraction of sp³-hybridized carbons (Fsp3) is 0. The molecule has 0 nitrogen and oxygen atoms in total. The molecular formula is C18H14Cl3P. The van der Waals surface area contributed by atoms with Gasteiger partial charge in [-0.05, 0) is 0 Å². The summed E-state index contributed by atoms with van der Waals surface area (Å²) in [5.41, 5.74) is 0. The molecule has 0 fully saturated rings. The van der Waals surface area contributed by atoms with Crippen LogP contribution >= 0.6 is 39.4 Å². The Kier molecular flexibility index (Phi) is 4.23. The first-order chi connectivity index (χ1) is 10.5. The van der Waals surface area contributed by atoms with E-state index in [0.717, 1.165) is 15.9 Å². The Morgan fingerprint density at radius 2 is 0.955 bits per heavy atom. The predicted molar refractivity (Wildman–Crippen MR) is 102 cm³/mol. The molecule has 0 unspecified atom stereocenters. The SMILES string of the molecule is Clc1ccccc1P(Cl)(Cl)(c1ccccc1)c1ccccc1. The van der Waals surface area contributed by atoms with Gasteiger partial charge in [-0.1, -0.05) is 0 Å². The van der Waals surface area contributed by atoms with Crippen LogP contribution in [0.25, 0.3) is 0 Å². The number of hydrogen-bond acceptors (Lipinski definition) is 0. The van der Waals surface area contributed by atoms with Gasteiger partial charge in [0.25, 0.3) is 0 Å². The topological polar surface area (TPSA) is 0 Å². The average molecular weight is 368 g/mol. The van der Waals surface area contributed by atoms with Crippen molar-refractivity contribution in [3.8, 4) is 0 Å². The summed E-state index contributed by atoms with van der Waals surface area (Å²) < 4.78 is 0. The minimum absolute atomic E-state index is 0.581. The first kappa shape index (κ1) is 15.8. The van der Waals surface area contributed by atoms with Crippen molar-refractivity contribution in [2.75, 3.05) is 0 Å². The molecule has 22 heavy (non-hydrogen) atoms. The summed E-state index contributed by atoms with van der Waals surface area (Å²) in [7, 11) is 0. The Hall–Kier alpha value is -1.04. The van der Waals surface area contributed by atoms with Crippen LogP contribution in [0.1, 0.15) is 0 Å². The average Bonchev–Trinajstić information content (AvgIpc) is 2.57. The molecule has 0 aliphatic heterocycles. The Labute approximate surface area is 145 Å². The first-order valence-corrected chi connectivity index (χ1v) is 11.3. The van der Waals surface area contributed by atoms with Crippen LogP contribution in [0.4, 0.5) is 0 Å². The maximum atomic E-state index is 7.29. The molecule has 0 radical (unpaired) electrons. The van der Waals surface area contributed by atoms with Crippen LogP contribution in [0.5, 0.6) is 0 Å². The molecule has 112 valence electrons. The molecule has 3 aromatic carbocycles. The third kappa shape index (κ3) is 2.45. The van der Waals surface area contributed by atoms with Gasteiger partial charge in [0.05, 0.1) is 0 Å². The third-order valence-electron chi connectivity index (χ3n) is 3.69. The van der Waals surface area contributed by atoms with Gasteiger partial charge in [-0.25, -0.2) is 0 Å². The summed E-state index contributed by atoms with van der Waals surface area (Å²) in [5, 5.41) is -0.484. The molecule has 0 N–H and O–H groups in total. The van der Waals surface area contributed by atoms with E-state index in [0.29, 0.717) is 5.02 Å². The molecular weight excluding hydrogens is 354 g/mol. The minimum atomic E-state index is -3.61. The van der Waals surface area contributed by atoms with Crippen molar-refractivity contribution < 1.29 is 0 Å². The molecule has 0 aliphatic rings. The van der Waals surface area contributed by atoms with Gasteiger partial charge in [0, 0.05) is 0 Å². The van der Waals surface area contributed by atoms with Crippen LogP contribution in [0, 0.1) is 0 Å². The summed E-state index contributed by atoms with van der Waals surface area (Å²) in [6.07, 6.45) is 0. The quantitative estimate of drug-likeness (QED) is 0.538. The van der Waals surface area contributed by atoms with E-state index in [-0.39, 0.29) is 0 Å². The van der Waals surface area contributed by atoms with Crippen molar-refractivity contribution in [2.45, 2.75) is 0 Å². The Bertz CT molecular complexity index is 742. The van der Waals surface area contributed by atoms with Crippen molar-refractivity contribution in [1.82, 2.24) is 0 Å². The summed E-state index contributed by atoms with van der Waals surface area (Å²) in [6, 6.07) is 27.1. The zero-order valence-electron chi connectivity index (χ0n) is 11.7. The van der Waals surface area contributed by atoms with Gasteiger partial charge in [-0.3, -0.25) is 0 Å². The Morgan fingerprint density at radius 1 is 0.545 bits per heavy atom. The Balaban J connectivity index is 2.41. The fourth-order valence-corrected chi connectivity index (χ4v) is 8.76. The standard InChI is InChI=1S/C18H14Cl3P/c19-17-13-7-8-14-18(17)22(20,21,15-9-3-1-4-10-15)16-11-5-2-6-12-16/h1-14H. The van der Waals surface area contributed by atoms with Gasteiger partial charge in [0.1, 0.15) is 0 Å². The van der Waals surface area contributed by atoms with Gasteiger partial charge in [0.15, 0.2) is 0 Å². The van der Waals surface area contributed by atoms with Crippen molar-refractivity contribution in [2.24, 2.45) is 0 Å². The fourth-order valence-electron chi connectivity index (χ4n) is 2.58. The molecule has 0 bridgehead atoms. The summed E-state index contributed by atoms with van der Waals surface area (Å²) in [6.45, 7) is 0. The van der Waals surface area contributed by atoms with Gasteiger partial charge >= 0.3 is 145 Å². The van der Waals surface area contributed by atoms with Crippen LogP contribution in [-0.4, -0.2) is 0 Å². The van der Waals surface area contributed by atoms with Crippen molar-refractivity contribution in [3.63, 3.8) is 0 Å². The molecule has 0 amide bonds. The van der Waals surface area contributed by atoms with Crippen LogP contribution in [0.3, 0.4) is 0 Å². The summed E-state index contributed by atoms with van der Waals surface area (Å²) >= 11 is 21.0. The van der Waals surface area contributed by atoms with Gasteiger partial charge in [-0.15, -0.1) is 0 Å². The van der Waals surface area contributed by atoms with Crippen LogP contribution in [0.15, 0.2) is 84.9 Å². The van der Waals surface area contributed by atoms with E-state index in [4.69, 9.17) is 34.1 Å². The van der Waals surface area contributed by atoms with E-state index < -0.39 is 5.31 Å². The Morgan fingerprint density at radius 3 is 1.41 bits per heavy atom. The molecule has 4 heteroatoms. The predicted octanol–water partition coefficient (Wildman–Crippen LogP) is 5.48. The number of halogens is 3. The second kappa shape index (κ2) is 5.87. The number of rotatable bonds is 3. The molecule has 0 saturated carbocycles. The first-order valence-electron chi connectivity index (χ1n) is 6.85. The number of benzene rings is 3. The molecule has 0 atom stereocenters. The van der Waals surface area contributed by atoms with E-state index in [1.807, 2.05) is 84.9 Å². The molecule has 0 aliphatic carbocycles. The van der Waals surface area contributed by atoms with E-state index >= 15 is 0 Å². The van der Waals surface area contributed by atoms with Crippen molar-refractivity contribution >= 4 is 55.3 Å². The van der Waals surface area contributed by atoms with Crippen molar-refractivity contribution in [3.05, 3.63) is 90.0 Å². The molecule has 0 aromatic heterocycles. The van der Waals surface area contributed by atoms with Crippen LogP contribution in [-0.2, 0) is 0 Å². The van der Waals surface area contributed by atoms with Crippen LogP contribution in [0.2, 0.25) is 5.02 Å². The maximum absolute atomic E-state index is 7.29. The molecule has 3 aromatic rings. The monoisotopic (exact) mass is 366 g/mol. The summed E-state index contributed by atoms with van der Waals surface area (Å²) in [4.78, 5) is 0. The van der Waals surface area contributed by atoms with E-state index in [9.17, 15) is 0 Å². The molecule has 3 rings (SSSR count). The van der Waals surface area contributed by atoms with Gasteiger partial charge in [0.2, 0.25) is 0 Å². The zero-order valence-corrected chi connectivity index (χ0v) is 14.8. The van der Waals surface area contributed by atoms with Crippen LogP contribution < -0.4 is 15.9 Å². The normalized spacial score (nSPS) is 13.3. The second-order valence-electron chi connectivity index (χ2n) is 5.03. The third-order valence-corrected chi connectivity index (χ3v) is 11.2. The van der Waals surface area contributed by atoms with E-state index in [1.54, 1.807) is 0 Å². The molecule has 0 spiro atoms. The van der Waals surface area contributed by atoms with Crippen molar-refractivity contribution in [1.29, 1.82) is 0 Å². The summed E-state index contributed by atoms with van der Waals surface area (Å²) in [5.74, 6) is 0.